The molecular formula is C15H26O. The van der Waals surface area contributed by atoms with Gasteiger partial charge in [0.2, 0.25) is 0 Å². The first-order valence-corrected chi connectivity index (χ1v) is 6.04. The summed E-state index contributed by atoms with van der Waals surface area (Å²) in [7, 11) is 0. The zero-order chi connectivity index (χ0) is 13.0. The summed E-state index contributed by atoms with van der Waals surface area (Å²) in [5.74, 6) is 0.889. The monoisotopic (exact) mass is 222 g/mol. The molecule has 1 heterocycles. The van der Waals surface area contributed by atoms with Crippen molar-refractivity contribution >= 4 is 12.2 Å². The van der Waals surface area contributed by atoms with Crippen LogP contribution in [0.2, 0.25) is 0 Å². The molecule has 16 heavy (non-hydrogen) atoms. The Morgan fingerprint density at radius 1 is 1.31 bits per heavy atom. The molecule has 0 unspecified atom stereocenters. The van der Waals surface area contributed by atoms with Crippen molar-refractivity contribution in [2.45, 2.75) is 48.0 Å². The molecule has 0 bridgehead atoms. The highest BCUT2D eigenvalue weighted by molar-refractivity contribution is 5.62. The molecule has 0 atom stereocenters. The average molecular weight is 222 g/mol. The Labute approximate surface area is 101 Å². The first-order chi connectivity index (χ1) is 7.71. The molecule has 0 saturated heterocycles. The Bertz CT molecular complexity index is 292. The van der Waals surface area contributed by atoms with Gasteiger partial charge in [0, 0.05) is 5.56 Å². The second-order valence-corrected chi connectivity index (χ2v) is 3.11. The molecular weight excluding hydrogens is 196 g/mol. The molecule has 0 saturated carbocycles. The summed E-state index contributed by atoms with van der Waals surface area (Å²) in [4.78, 5) is 0. The second-order valence-electron chi connectivity index (χ2n) is 3.11. The summed E-state index contributed by atoms with van der Waals surface area (Å²) in [5, 5.41) is 0. The summed E-state index contributed by atoms with van der Waals surface area (Å²) in [5.41, 5.74) is 2.22. The predicted octanol–water partition coefficient (Wildman–Crippen LogP) is 5.71. The van der Waals surface area contributed by atoms with Gasteiger partial charge >= 0.3 is 0 Å². The van der Waals surface area contributed by atoms with E-state index in [9.17, 15) is 0 Å². The zero-order valence-corrected chi connectivity index (χ0v) is 11.6. The third-order valence-electron chi connectivity index (χ3n) is 1.58. The number of allylic oxidation sites excluding steroid dienone is 1. The van der Waals surface area contributed by atoms with Gasteiger partial charge in [-0.15, -0.1) is 0 Å². The molecule has 1 heteroatoms. The van der Waals surface area contributed by atoms with Crippen LogP contribution < -0.4 is 0 Å². The molecule has 1 rings (SSSR count). The Balaban J connectivity index is 0. The number of aryl methyl sites for hydroxylation is 1. The van der Waals surface area contributed by atoms with E-state index in [2.05, 4.69) is 20.4 Å². The van der Waals surface area contributed by atoms with Gasteiger partial charge < -0.3 is 4.42 Å². The fraction of sp³-hybridized carbons (Fsp3) is 0.467. The number of rotatable bonds is 2. The summed E-state index contributed by atoms with van der Waals surface area (Å²) in [6.45, 7) is 15.9. The normalized spacial score (nSPS) is 8.88. The third kappa shape index (κ3) is 6.28. The van der Waals surface area contributed by atoms with E-state index in [1.807, 2.05) is 45.9 Å². The number of hydrogen-bond donors (Lipinski definition) is 0. The lowest BCUT2D eigenvalue weighted by Gasteiger charge is -1.89. The van der Waals surface area contributed by atoms with E-state index in [0.29, 0.717) is 0 Å². The van der Waals surface area contributed by atoms with Gasteiger partial charge in [-0.2, -0.15) is 0 Å². The minimum Gasteiger partial charge on any atom is -0.464 e. The molecule has 0 fully saturated rings. The van der Waals surface area contributed by atoms with Crippen LogP contribution in [0.5, 0.6) is 0 Å². The highest BCUT2D eigenvalue weighted by Crippen LogP contribution is 2.18. The topological polar surface area (TPSA) is 13.1 Å². The van der Waals surface area contributed by atoms with Crippen LogP contribution >= 0.6 is 0 Å². The molecule has 0 aliphatic heterocycles. The predicted molar refractivity (Wildman–Crippen MR) is 75.6 cm³/mol. The minimum absolute atomic E-state index is 0.889. The van der Waals surface area contributed by atoms with Gasteiger partial charge in [0.1, 0.15) is 5.76 Å². The highest BCUT2D eigenvalue weighted by atomic mass is 16.3. The van der Waals surface area contributed by atoms with Crippen LogP contribution in [0.15, 0.2) is 23.3 Å². The third-order valence-corrected chi connectivity index (χ3v) is 1.58. The van der Waals surface area contributed by atoms with E-state index < -0.39 is 0 Å². The van der Waals surface area contributed by atoms with Crippen molar-refractivity contribution in [3.05, 3.63) is 35.8 Å². The van der Waals surface area contributed by atoms with Gasteiger partial charge in [-0.3, -0.25) is 0 Å². The Hall–Kier alpha value is -1.24. The first-order valence-electron chi connectivity index (χ1n) is 6.04. The van der Waals surface area contributed by atoms with E-state index in [0.717, 1.165) is 16.9 Å². The van der Waals surface area contributed by atoms with E-state index in [-0.39, 0.29) is 0 Å². The lowest BCUT2D eigenvalue weighted by molar-refractivity contribution is 0.554. The summed E-state index contributed by atoms with van der Waals surface area (Å²) in [6.07, 6.45) is 8.69. The summed E-state index contributed by atoms with van der Waals surface area (Å²) < 4.78 is 5.27. The van der Waals surface area contributed by atoms with Crippen molar-refractivity contribution < 1.29 is 4.42 Å². The number of hydrogen-bond acceptors (Lipinski definition) is 1. The molecule has 0 amide bonds. The second kappa shape index (κ2) is 11.8. The van der Waals surface area contributed by atoms with Gasteiger partial charge in [0.05, 0.1) is 6.26 Å². The average Bonchev–Trinajstić information content (AvgIpc) is 2.64. The van der Waals surface area contributed by atoms with E-state index in [1.54, 1.807) is 6.26 Å². The first kappa shape index (κ1) is 17.2. The molecule has 0 radical (unpaired) electrons. The van der Waals surface area contributed by atoms with Crippen LogP contribution in [0, 0.1) is 6.92 Å². The van der Waals surface area contributed by atoms with Crippen molar-refractivity contribution in [1.82, 2.24) is 0 Å². The lowest BCUT2D eigenvalue weighted by atomic mass is 10.1. The molecule has 1 aromatic rings. The maximum absolute atomic E-state index is 5.27. The van der Waals surface area contributed by atoms with Crippen LogP contribution in [0.3, 0.4) is 0 Å². The lowest BCUT2D eigenvalue weighted by Crippen LogP contribution is -1.73. The smallest absolute Gasteiger partial charge is 0.133 e. The highest BCUT2D eigenvalue weighted by Gasteiger charge is 2.02. The quantitative estimate of drug-likeness (QED) is 0.625. The molecule has 0 aliphatic rings. The fourth-order valence-corrected chi connectivity index (χ4v) is 1.02. The molecule has 92 valence electrons. The Morgan fingerprint density at radius 3 is 2.19 bits per heavy atom. The van der Waals surface area contributed by atoms with Gasteiger partial charge in [0.15, 0.2) is 0 Å². The van der Waals surface area contributed by atoms with E-state index in [4.69, 9.17) is 4.42 Å². The van der Waals surface area contributed by atoms with Crippen molar-refractivity contribution in [3.8, 4) is 0 Å². The van der Waals surface area contributed by atoms with Gasteiger partial charge in [-0.25, -0.2) is 0 Å². The molecule has 1 aromatic heterocycles. The Morgan fingerprint density at radius 2 is 1.81 bits per heavy atom. The largest absolute Gasteiger partial charge is 0.464 e. The standard InChI is InChI=1S/C10H12O.C3H8.C2H6/c1-4-6-10-9(5-2)8(3)7-11-10;1-3-2;1-2/h4-7H,2H2,1,3H3;3H2,1-2H3;1-2H3/b6-4-;;. The fourth-order valence-electron chi connectivity index (χ4n) is 1.02. The summed E-state index contributed by atoms with van der Waals surface area (Å²) >= 11 is 0. The SMILES string of the molecule is C=Cc1c(C)coc1/C=C\C.CC.CCC. The maximum atomic E-state index is 5.27. The van der Waals surface area contributed by atoms with Crippen molar-refractivity contribution in [1.29, 1.82) is 0 Å². The van der Waals surface area contributed by atoms with E-state index in [1.165, 1.54) is 6.42 Å². The molecule has 0 aliphatic carbocycles. The molecule has 1 nitrogen and oxygen atoms in total. The van der Waals surface area contributed by atoms with E-state index >= 15 is 0 Å². The summed E-state index contributed by atoms with van der Waals surface area (Å²) in [6, 6.07) is 0. The van der Waals surface area contributed by atoms with Crippen molar-refractivity contribution in [2.24, 2.45) is 0 Å². The van der Waals surface area contributed by atoms with Crippen molar-refractivity contribution in [2.75, 3.05) is 0 Å². The molecule has 0 aromatic carbocycles. The molecule has 0 N–H and O–H groups in total. The van der Waals surface area contributed by atoms with Crippen LogP contribution in [0.25, 0.3) is 12.2 Å². The van der Waals surface area contributed by atoms with Crippen LogP contribution in [0.1, 0.15) is 57.9 Å². The molecule has 0 spiro atoms. The van der Waals surface area contributed by atoms with Gasteiger partial charge in [0.25, 0.3) is 0 Å². The Kier molecular flexibility index (Phi) is 12.7. The minimum atomic E-state index is 0.889. The van der Waals surface area contributed by atoms with Crippen molar-refractivity contribution in [3.63, 3.8) is 0 Å². The van der Waals surface area contributed by atoms with Gasteiger partial charge in [-0.1, -0.05) is 52.8 Å². The van der Waals surface area contributed by atoms with Gasteiger partial charge in [-0.05, 0) is 25.5 Å². The number of furan rings is 1. The van der Waals surface area contributed by atoms with Crippen LogP contribution in [0.4, 0.5) is 0 Å². The van der Waals surface area contributed by atoms with Crippen LogP contribution in [-0.2, 0) is 0 Å². The van der Waals surface area contributed by atoms with Crippen LogP contribution in [-0.4, -0.2) is 0 Å². The maximum Gasteiger partial charge on any atom is 0.133 e. The zero-order valence-electron chi connectivity index (χ0n) is 11.6.